The molecule has 1 aliphatic carbocycles. The molecule has 18 heavy (non-hydrogen) atoms. The minimum Gasteiger partial charge on any atom is -0.393 e. The third-order valence-electron chi connectivity index (χ3n) is 3.21. The maximum atomic E-state index is 11.8. The van der Waals surface area contributed by atoms with Crippen LogP contribution >= 0.6 is 11.3 Å². The van der Waals surface area contributed by atoms with Crippen LogP contribution in [0.25, 0.3) is 0 Å². The molecule has 1 heterocycles. The molecule has 3 atom stereocenters. The second-order valence-corrected chi connectivity index (χ2v) is 5.79. The summed E-state index contributed by atoms with van der Waals surface area (Å²) in [5.41, 5.74) is 6.14. The normalized spacial score (nSPS) is 25.1. The zero-order valence-electron chi connectivity index (χ0n) is 10.4. The molecule has 3 unspecified atom stereocenters. The summed E-state index contributed by atoms with van der Waals surface area (Å²) in [5.74, 6) is 0.232. The molecule has 1 aromatic rings. The predicted octanol–water partition coefficient (Wildman–Crippen LogP) is 1.05. The highest BCUT2D eigenvalue weighted by Crippen LogP contribution is 2.24. The zero-order chi connectivity index (χ0) is 13.1. The van der Waals surface area contributed by atoms with Crippen LogP contribution in [-0.4, -0.2) is 28.6 Å². The minimum atomic E-state index is -0.198. The average Bonchev–Trinajstić information content (AvgIpc) is 2.94. The fraction of sp³-hybridized carbons (Fsp3) is 0.667. The Morgan fingerprint density at radius 1 is 1.72 bits per heavy atom. The molecule has 6 heteroatoms. The number of carbonyl (C=O) groups excluding carboxylic acids is 1. The Bertz CT molecular complexity index is 419. The summed E-state index contributed by atoms with van der Waals surface area (Å²) in [5, 5.41) is 14.8. The highest BCUT2D eigenvalue weighted by atomic mass is 32.1. The Morgan fingerprint density at radius 3 is 3.06 bits per heavy atom. The van der Waals surface area contributed by atoms with E-state index in [9.17, 15) is 9.90 Å². The lowest BCUT2D eigenvalue weighted by molar-refractivity contribution is 0.0940. The Kier molecular flexibility index (Phi) is 4.31. The molecule has 4 N–H and O–H groups in total. The molecule has 0 spiro atoms. The lowest BCUT2D eigenvalue weighted by Crippen LogP contribution is -2.29. The fourth-order valence-electron chi connectivity index (χ4n) is 2.16. The van der Waals surface area contributed by atoms with Gasteiger partial charge >= 0.3 is 0 Å². The molecule has 0 saturated heterocycles. The molecule has 100 valence electrons. The van der Waals surface area contributed by atoms with Gasteiger partial charge < -0.3 is 16.2 Å². The van der Waals surface area contributed by atoms with E-state index in [0.29, 0.717) is 18.2 Å². The lowest BCUT2D eigenvalue weighted by atomic mass is 10.1. The molecule has 1 amide bonds. The van der Waals surface area contributed by atoms with Crippen molar-refractivity contribution in [2.75, 3.05) is 6.54 Å². The lowest BCUT2D eigenvalue weighted by Gasteiger charge is -2.09. The van der Waals surface area contributed by atoms with E-state index in [2.05, 4.69) is 10.3 Å². The minimum absolute atomic E-state index is 0.137. The molecule has 1 aliphatic rings. The summed E-state index contributed by atoms with van der Waals surface area (Å²) in [4.78, 5) is 16.1. The van der Waals surface area contributed by atoms with Crippen molar-refractivity contribution in [3.05, 3.63) is 16.1 Å². The number of thiazole rings is 1. The van der Waals surface area contributed by atoms with E-state index in [4.69, 9.17) is 5.73 Å². The van der Waals surface area contributed by atoms with Crippen molar-refractivity contribution in [2.45, 2.75) is 38.3 Å². The van der Waals surface area contributed by atoms with E-state index >= 15 is 0 Å². The number of amides is 1. The van der Waals surface area contributed by atoms with Crippen LogP contribution in [-0.2, 0) is 0 Å². The van der Waals surface area contributed by atoms with Crippen LogP contribution in [0.1, 0.15) is 47.7 Å². The van der Waals surface area contributed by atoms with Crippen LogP contribution in [0, 0.1) is 5.92 Å². The molecule has 0 radical (unpaired) electrons. The van der Waals surface area contributed by atoms with Gasteiger partial charge in [-0.1, -0.05) is 0 Å². The van der Waals surface area contributed by atoms with Gasteiger partial charge in [-0.2, -0.15) is 0 Å². The van der Waals surface area contributed by atoms with Crippen molar-refractivity contribution in [3.63, 3.8) is 0 Å². The van der Waals surface area contributed by atoms with Crippen molar-refractivity contribution in [2.24, 2.45) is 11.7 Å². The molecule has 0 aliphatic heterocycles. The van der Waals surface area contributed by atoms with E-state index in [0.717, 1.165) is 24.3 Å². The Hall–Kier alpha value is -0.980. The number of nitrogens with two attached hydrogens (primary N) is 1. The average molecular weight is 269 g/mol. The Morgan fingerprint density at radius 2 is 2.50 bits per heavy atom. The van der Waals surface area contributed by atoms with Gasteiger partial charge in [-0.25, -0.2) is 4.98 Å². The first-order valence-electron chi connectivity index (χ1n) is 6.23. The highest BCUT2D eigenvalue weighted by Gasteiger charge is 2.23. The first-order valence-corrected chi connectivity index (χ1v) is 7.11. The Balaban J connectivity index is 1.83. The summed E-state index contributed by atoms with van der Waals surface area (Å²) < 4.78 is 0. The number of rotatable bonds is 4. The number of aliphatic hydroxyl groups excluding tert-OH is 1. The molecule has 5 nitrogen and oxygen atoms in total. The smallest absolute Gasteiger partial charge is 0.270 e. The second-order valence-electron chi connectivity index (χ2n) is 4.90. The van der Waals surface area contributed by atoms with E-state index < -0.39 is 0 Å². The van der Waals surface area contributed by atoms with E-state index in [1.807, 2.05) is 6.92 Å². The van der Waals surface area contributed by atoms with Crippen LogP contribution in [0.4, 0.5) is 0 Å². The third kappa shape index (κ3) is 3.28. The molecule has 0 bridgehead atoms. The standard InChI is InChI=1S/C12H19N3O2S/c1-7(13)12-15-10(6-18-12)11(17)14-5-8-2-3-9(16)4-8/h6-9,16H,2-5,13H2,1H3,(H,14,17). The van der Waals surface area contributed by atoms with Crippen molar-refractivity contribution in [1.82, 2.24) is 10.3 Å². The number of aliphatic hydroxyl groups is 1. The second kappa shape index (κ2) is 5.77. The first kappa shape index (κ1) is 13.5. The monoisotopic (exact) mass is 269 g/mol. The Labute approximate surface area is 110 Å². The van der Waals surface area contributed by atoms with Gasteiger partial charge in [-0.05, 0) is 32.1 Å². The van der Waals surface area contributed by atoms with E-state index in [1.165, 1.54) is 11.3 Å². The largest absolute Gasteiger partial charge is 0.393 e. The number of hydrogen-bond donors (Lipinski definition) is 3. The maximum Gasteiger partial charge on any atom is 0.270 e. The molecular weight excluding hydrogens is 250 g/mol. The van der Waals surface area contributed by atoms with Gasteiger partial charge in [0.2, 0.25) is 0 Å². The summed E-state index contributed by atoms with van der Waals surface area (Å²) in [6.45, 7) is 2.46. The summed E-state index contributed by atoms with van der Waals surface area (Å²) in [6, 6.07) is -0.137. The van der Waals surface area contributed by atoms with Gasteiger partial charge in [-0.3, -0.25) is 4.79 Å². The van der Waals surface area contributed by atoms with Gasteiger partial charge in [-0.15, -0.1) is 11.3 Å². The predicted molar refractivity (Wildman–Crippen MR) is 70.4 cm³/mol. The molecular formula is C12H19N3O2S. The number of carbonyl (C=O) groups is 1. The third-order valence-corrected chi connectivity index (χ3v) is 4.25. The van der Waals surface area contributed by atoms with Gasteiger partial charge in [0, 0.05) is 11.9 Å². The number of nitrogens with one attached hydrogen (secondary N) is 1. The van der Waals surface area contributed by atoms with Crippen LogP contribution in [0.15, 0.2) is 5.38 Å². The van der Waals surface area contributed by atoms with E-state index in [1.54, 1.807) is 5.38 Å². The highest BCUT2D eigenvalue weighted by molar-refractivity contribution is 7.09. The van der Waals surface area contributed by atoms with Gasteiger partial charge in [0.1, 0.15) is 10.7 Å². The number of hydrogen-bond acceptors (Lipinski definition) is 5. The van der Waals surface area contributed by atoms with Crippen LogP contribution < -0.4 is 11.1 Å². The first-order chi connectivity index (χ1) is 8.56. The molecule has 1 aromatic heterocycles. The zero-order valence-corrected chi connectivity index (χ0v) is 11.2. The summed E-state index contributed by atoms with van der Waals surface area (Å²) in [7, 11) is 0. The van der Waals surface area contributed by atoms with Crippen LogP contribution in [0.3, 0.4) is 0 Å². The molecule has 0 aromatic carbocycles. The number of nitrogens with zero attached hydrogens (tertiary/aromatic N) is 1. The molecule has 2 rings (SSSR count). The van der Waals surface area contributed by atoms with Crippen molar-refractivity contribution in [1.29, 1.82) is 0 Å². The number of aromatic nitrogens is 1. The summed E-state index contributed by atoms with van der Waals surface area (Å²) >= 11 is 1.41. The molecule has 1 fully saturated rings. The maximum absolute atomic E-state index is 11.8. The topological polar surface area (TPSA) is 88.2 Å². The van der Waals surface area contributed by atoms with Crippen molar-refractivity contribution in [3.8, 4) is 0 Å². The fourth-order valence-corrected chi connectivity index (χ4v) is 2.92. The molecule has 1 saturated carbocycles. The van der Waals surface area contributed by atoms with Crippen molar-refractivity contribution < 1.29 is 9.90 Å². The van der Waals surface area contributed by atoms with Gasteiger partial charge in [0.15, 0.2) is 0 Å². The van der Waals surface area contributed by atoms with Crippen LogP contribution in [0.5, 0.6) is 0 Å². The summed E-state index contributed by atoms with van der Waals surface area (Å²) in [6.07, 6.45) is 2.40. The quantitative estimate of drug-likeness (QED) is 0.762. The van der Waals surface area contributed by atoms with E-state index in [-0.39, 0.29) is 18.1 Å². The van der Waals surface area contributed by atoms with Crippen LogP contribution in [0.2, 0.25) is 0 Å². The van der Waals surface area contributed by atoms with Gasteiger partial charge in [0.25, 0.3) is 5.91 Å². The SMILES string of the molecule is CC(N)c1nc(C(=O)NCC2CCC(O)C2)cs1. The van der Waals surface area contributed by atoms with Gasteiger partial charge in [0.05, 0.1) is 12.1 Å². The van der Waals surface area contributed by atoms with Crippen molar-refractivity contribution >= 4 is 17.2 Å².